The summed E-state index contributed by atoms with van der Waals surface area (Å²) >= 11 is 3.62. The number of aromatic nitrogens is 1. The third-order valence-corrected chi connectivity index (χ3v) is 6.70. The second-order valence-electron chi connectivity index (χ2n) is 6.05. The second-order valence-corrected chi connectivity index (χ2v) is 9.48. The minimum atomic E-state index is -4.27. The summed E-state index contributed by atoms with van der Waals surface area (Å²) in [6, 6.07) is 18.9. The van der Waals surface area contributed by atoms with Crippen molar-refractivity contribution in [3.05, 3.63) is 66.2 Å². The molecule has 1 heterocycles. The number of aryl methyl sites for hydroxylation is 2. The maximum atomic E-state index is 10.4. The topological polar surface area (TPSA) is 61.1 Å². The normalized spacial score (nSPS) is 11.4. The van der Waals surface area contributed by atoms with Gasteiger partial charge in [-0.15, -0.1) is 15.7 Å². The van der Waals surface area contributed by atoms with Crippen molar-refractivity contribution in [2.24, 2.45) is 7.05 Å². The molecule has 0 spiro atoms. The molecule has 2 aromatic carbocycles. The van der Waals surface area contributed by atoms with Crippen LogP contribution in [-0.4, -0.2) is 19.2 Å². The maximum Gasteiger partial charge on any atom is 0.226 e. The van der Waals surface area contributed by atoms with E-state index in [1.54, 1.807) is 23.9 Å². The highest BCUT2D eigenvalue weighted by molar-refractivity contribution is 7.98. The number of para-hydroxylation sites is 1. The fourth-order valence-corrected chi connectivity index (χ4v) is 4.76. The molecule has 0 amide bonds. The number of thioether (sulfide) groups is 1. The van der Waals surface area contributed by atoms with Crippen molar-refractivity contribution in [2.75, 3.05) is 6.26 Å². The van der Waals surface area contributed by atoms with Crippen molar-refractivity contribution >= 4 is 44.3 Å². The highest BCUT2D eigenvalue weighted by Gasteiger charge is 2.18. The Morgan fingerprint density at radius 1 is 1.04 bits per heavy atom. The van der Waals surface area contributed by atoms with Crippen LogP contribution in [0.5, 0.6) is 0 Å². The molecule has 27 heavy (non-hydrogen) atoms. The number of fused-ring (bicyclic) bond motifs is 3. The third kappa shape index (κ3) is 4.50. The first kappa shape index (κ1) is 19.8. The molecule has 0 unspecified atom stereocenters. The molecular weight excluding hydrogens is 398 g/mol. The molecule has 0 fully saturated rings. The summed E-state index contributed by atoms with van der Waals surface area (Å²) in [7, 11) is -2.15. The summed E-state index contributed by atoms with van der Waals surface area (Å²) in [6.07, 6.45) is 2.13. The molecule has 4 nitrogen and oxygen atoms in total. The van der Waals surface area contributed by atoms with Gasteiger partial charge in [0.15, 0.2) is 7.05 Å². The van der Waals surface area contributed by atoms with E-state index in [2.05, 4.69) is 53.7 Å². The Bertz CT molecular complexity index is 1150. The molecule has 2 aliphatic rings. The molecule has 0 N–H and O–H groups in total. The van der Waals surface area contributed by atoms with Gasteiger partial charge in [0.2, 0.25) is 5.52 Å². The second kappa shape index (κ2) is 7.98. The molecule has 0 bridgehead atoms. The Hall–Kier alpha value is -1.93. The lowest BCUT2D eigenvalue weighted by atomic mass is 10.1. The summed E-state index contributed by atoms with van der Waals surface area (Å²) in [5, 5.41) is 1.35. The van der Waals surface area contributed by atoms with Gasteiger partial charge in [0, 0.05) is 16.5 Å². The van der Waals surface area contributed by atoms with Gasteiger partial charge < -0.3 is 4.55 Å². The zero-order valence-corrected chi connectivity index (χ0v) is 17.6. The minimum absolute atomic E-state index is 0.178. The van der Waals surface area contributed by atoms with Crippen molar-refractivity contribution in [1.82, 2.24) is 0 Å². The van der Waals surface area contributed by atoms with E-state index in [4.69, 9.17) is 0 Å². The van der Waals surface area contributed by atoms with Crippen LogP contribution in [0.4, 0.5) is 0 Å². The zero-order chi connectivity index (χ0) is 19.6. The first-order chi connectivity index (χ1) is 12.8. The van der Waals surface area contributed by atoms with Gasteiger partial charge in [-0.1, -0.05) is 29.8 Å². The summed E-state index contributed by atoms with van der Waals surface area (Å²) in [5.74, 6) is 0. The van der Waals surface area contributed by atoms with Crippen LogP contribution in [0, 0.1) is 6.92 Å². The Balaban J connectivity index is 0.000000168. The largest absolute Gasteiger partial charge is 0.744 e. The standard InChI is InChI=1S/C13H12NS2.C7H8O3S/c1-14-12-6-4-3-5-10(12)11-7-9(15-2)8-13(11)16-14;1-6-2-4-7(5-3-6)11(8,9)10/h3-8H,1-2H3;2-5H,1H3,(H,8,9,10)/q+1;/p-1. The Kier molecular flexibility index (Phi) is 5.86. The van der Waals surface area contributed by atoms with E-state index in [0.717, 1.165) is 5.56 Å². The van der Waals surface area contributed by atoms with Crippen LogP contribution < -0.4 is 3.96 Å². The predicted molar refractivity (Wildman–Crippen MR) is 111 cm³/mol. The summed E-state index contributed by atoms with van der Waals surface area (Å²) in [5.41, 5.74) is 3.61. The Morgan fingerprint density at radius 2 is 1.70 bits per heavy atom. The van der Waals surface area contributed by atoms with E-state index in [9.17, 15) is 13.0 Å². The lowest BCUT2D eigenvalue weighted by Gasteiger charge is -2.05. The van der Waals surface area contributed by atoms with Crippen molar-refractivity contribution in [3.8, 4) is 10.4 Å². The van der Waals surface area contributed by atoms with Crippen molar-refractivity contribution in [2.45, 2.75) is 16.7 Å². The fourth-order valence-electron chi connectivity index (χ4n) is 2.74. The van der Waals surface area contributed by atoms with Gasteiger partial charge in [0.1, 0.15) is 26.5 Å². The van der Waals surface area contributed by atoms with E-state index in [-0.39, 0.29) is 4.90 Å². The van der Waals surface area contributed by atoms with Gasteiger partial charge in [0.05, 0.1) is 10.3 Å². The van der Waals surface area contributed by atoms with Crippen molar-refractivity contribution in [1.29, 1.82) is 0 Å². The van der Waals surface area contributed by atoms with E-state index < -0.39 is 10.1 Å². The van der Waals surface area contributed by atoms with Crippen LogP contribution in [-0.2, 0) is 17.2 Å². The SMILES string of the molecule is CSc1cc2s[n+](C)c3ccccc3c-2c1.Cc1ccc(S(=O)(=O)[O-])cc1. The van der Waals surface area contributed by atoms with Crippen LogP contribution in [0.25, 0.3) is 21.3 Å². The highest BCUT2D eigenvalue weighted by atomic mass is 32.2. The van der Waals surface area contributed by atoms with E-state index in [1.807, 2.05) is 18.5 Å². The van der Waals surface area contributed by atoms with E-state index in [0.29, 0.717) is 0 Å². The van der Waals surface area contributed by atoms with Crippen LogP contribution >= 0.6 is 23.3 Å². The molecule has 0 aromatic heterocycles. The third-order valence-electron chi connectivity index (χ3n) is 4.14. The number of benzene rings is 2. The molecule has 140 valence electrons. The monoisotopic (exact) mass is 417 g/mol. The van der Waals surface area contributed by atoms with Crippen LogP contribution in [0.15, 0.2) is 70.5 Å². The summed E-state index contributed by atoms with van der Waals surface area (Å²) in [6.45, 7) is 1.82. The van der Waals surface area contributed by atoms with Gasteiger partial charge in [-0.25, -0.2) is 8.42 Å². The first-order valence-electron chi connectivity index (χ1n) is 8.18. The maximum absolute atomic E-state index is 10.4. The molecule has 7 heteroatoms. The number of hydrogen-bond acceptors (Lipinski definition) is 5. The Labute approximate surface area is 167 Å². The molecular formula is C20H19NO3S3. The molecule has 1 aliphatic carbocycles. The number of rotatable bonds is 2. The van der Waals surface area contributed by atoms with Crippen LogP contribution in [0.1, 0.15) is 5.56 Å². The molecule has 1 aliphatic heterocycles. The van der Waals surface area contributed by atoms with Crippen LogP contribution in [0.3, 0.4) is 0 Å². The predicted octanol–water partition coefficient (Wildman–Crippen LogP) is 4.45. The number of nitrogens with zero attached hydrogens (tertiary/aromatic N) is 1. The lowest BCUT2D eigenvalue weighted by Crippen LogP contribution is -2.25. The van der Waals surface area contributed by atoms with Gasteiger partial charge in [-0.2, -0.15) is 0 Å². The van der Waals surface area contributed by atoms with E-state index in [1.165, 1.54) is 38.4 Å². The number of hydrogen-bond donors (Lipinski definition) is 0. The van der Waals surface area contributed by atoms with Crippen molar-refractivity contribution in [3.63, 3.8) is 0 Å². The molecule has 0 atom stereocenters. The quantitative estimate of drug-likeness (QED) is 0.275. The smallest absolute Gasteiger partial charge is 0.226 e. The van der Waals surface area contributed by atoms with Crippen molar-refractivity contribution < 1.29 is 16.9 Å². The van der Waals surface area contributed by atoms with Gasteiger partial charge in [-0.3, -0.25) is 0 Å². The lowest BCUT2D eigenvalue weighted by molar-refractivity contribution is -0.574. The zero-order valence-electron chi connectivity index (χ0n) is 15.2. The van der Waals surface area contributed by atoms with Gasteiger partial charge >= 0.3 is 0 Å². The minimum Gasteiger partial charge on any atom is -0.744 e. The average molecular weight is 418 g/mol. The Morgan fingerprint density at radius 3 is 2.33 bits per heavy atom. The van der Waals surface area contributed by atoms with Gasteiger partial charge in [-0.05, 0) is 43.5 Å². The molecule has 0 radical (unpaired) electrons. The molecule has 0 saturated carbocycles. The molecule has 0 saturated heterocycles. The van der Waals surface area contributed by atoms with Gasteiger partial charge in [0.25, 0.3) is 0 Å². The molecule has 2 aromatic rings. The molecule has 4 rings (SSSR count). The van der Waals surface area contributed by atoms with E-state index >= 15 is 0 Å². The first-order valence-corrected chi connectivity index (χ1v) is 11.6. The highest BCUT2D eigenvalue weighted by Crippen LogP contribution is 2.36. The fraction of sp³-hybridized carbons (Fsp3) is 0.150. The summed E-state index contributed by atoms with van der Waals surface area (Å²) < 4.78 is 33.4. The summed E-state index contributed by atoms with van der Waals surface area (Å²) in [4.78, 5) is 2.54. The van der Waals surface area contributed by atoms with Crippen LogP contribution in [0.2, 0.25) is 0 Å². The average Bonchev–Trinajstić information content (AvgIpc) is 3.05.